The lowest BCUT2D eigenvalue weighted by atomic mass is 10.1. The Balaban J connectivity index is 2.02. The van der Waals surface area contributed by atoms with Crippen molar-refractivity contribution in [1.82, 2.24) is 10.3 Å². The number of hydrogen-bond acceptors (Lipinski definition) is 3. The van der Waals surface area contributed by atoms with Gasteiger partial charge in [0.1, 0.15) is 0 Å². The van der Waals surface area contributed by atoms with Gasteiger partial charge >= 0.3 is 0 Å². The number of aromatic nitrogens is 1. The van der Waals surface area contributed by atoms with Crippen molar-refractivity contribution < 1.29 is 4.79 Å². The Morgan fingerprint density at radius 3 is 2.60 bits per heavy atom. The molecule has 0 bridgehead atoms. The second-order valence-corrected chi connectivity index (χ2v) is 6.33. The summed E-state index contributed by atoms with van der Waals surface area (Å²) >= 11 is 13.7. The summed E-state index contributed by atoms with van der Waals surface area (Å²) in [5.74, 6) is -0.127. The quantitative estimate of drug-likeness (QED) is 0.914. The van der Waals surface area contributed by atoms with Crippen LogP contribution in [0.15, 0.2) is 23.6 Å². The van der Waals surface area contributed by atoms with Crippen molar-refractivity contribution >= 4 is 40.4 Å². The Kier molecular flexibility index (Phi) is 5.02. The second kappa shape index (κ2) is 6.57. The minimum atomic E-state index is -0.131. The van der Waals surface area contributed by atoms with E-state index in [1.807, 2.05) is 19.2 Å². The van der Waals surface area contributed by atoms with E-state index in [4.69, 9.17) is 23.2 Å². The Labute approximate surface area is 131 Å². The molecule has 0 aliphatic rings. The summed E-state index contributed by atoms with van der Waals surface area (Å²) in [4.78, 5) is 16.4. The lowest BCUT2D eigenvalue weighted by Crippen LogP contribution is -2.28. The van der Waals surface area contributed by atoms with Gasteiger partial charge in [0.15, 0.2) is 0 Å². The van der Waals surface area contributed by atoms with Crippen LogP contribution in [0.2, 0.25) is 10.0 Å². The highest BCUT2D eigenvalue weighted by Gasteiger charge is 2.15. The van der Waals surface area contributed by atoms with Crippen molar-refractivity contribution in [3.63, 3.8) is 0 Å². The molecule has 1 aromatic heterocycles. The number of amides is 1. The number of nitrogens with one attached hydrogen (secondary N) is 1. The van der Waals surface area contributed by atoms with Crippen LogP contribution in [0.3, 0.4) is 0 Å². The van der Waals surface area contributed by atoms with Gasteiger partial charge in [0, 0.05) is 15.4 Å². The summed E-state index contributed by atoms with van der Waals surface area (Å²) in [7, 11) is 0. The first-order chi connectivity index (χ1) is 9.47. The number of rotatable bonds is 4. The van der Waals surface area contributed by atoms with Crippen LogP contribution in [0.4, 0.5) is 0 Å². The molecule has 6 heteroatoms. The van der Waals surface area contributed by atoms with E-state index in [0.29, 0.717) is 15.6 Å². The van der Waals surface area contributed by atoms with Crippen LogP contribution in [0, 0.1) is 6.92 Å². The van der Waals surface area contributed by atoms with Crippen LogP contribution in [0.25, 0.3) is 0 Å². The molecule has 0 saturated carbocycles. The standard InChI is InChI=1S/C14H14Cl2N2OS/c1-8(13-7-20-9(2)18-13)17-14(19)6-10-11(15)4-3-5-12(10)16/h3-5,7-8H,6H2,1-2H3,(H,17,19). The third-order valence-electron chi connectivity index (χ3n) is 2.86. The fourth-order valence-corrected chi connectivity index (χ4v) is 3.04. The SMILES string of the molecule is Cc1nc(C(C)NC(=O)Cc2c(Cl)cccc2Cl)cs1. The van der Waals surface area contributed by atoms with Gasteiger partial charge < -0.3 is 5.32 Å². The predicted octanol–water partition coefficient (Wildman–Crippen LogP) is 4.18. The zero-order valence-corrected chi connectivity index (χ0v) is 13.4. The molecule has 3 nitrogen and oxygen atoms in total. The molecule has 1 N–H and O–H groups in total. The van der Waals surface area contributed by atoms with E-state index >= 15 is 0 Å². The van der Waals surface area contributed by atoms with Gasteiger partial charge in [0.2, 0.25) is 5.91 Å². The maximum atomic E-state index is 12.1. The third-order valence-corrected chi connectivity index (χ3v) is 4.36. The molecule has 2 rings (SSSR count). The van der Waals surface area contributed by atoms with Crippen LogP contribution in [-0.2, 0) is 11.2 Å². The zero-order valence-electron chi connectivity index (χ0n) is 11.1. The lowest BCUT2D eigenvalue weighted by molar-refractivity contribution is -0.121. The Hall–Kier alpha value is -1.10. The zero-order chi connectivity index (χ0) is 14.7. The Bertz CT molecular complexity index is 607. The molecule has 0 aliphatic heterocycles. The summed E-state index contributed by atoms with van der Waals surface area (Å²) in [5.41, 5.74) is 1.51. The highest BCUT2D eigenvalue weighted by atomic mass is 35.5. The molecule has 1 heterocycles. The van der Waals surface area contributed by atoms with Gasteiger partial charge in [0.05, 0.1) is 23.2 Å². The molecular weight excluding hydrogens is 315 g/mol. The van der Waals surface area contributed by atoms with E-state index in [0.717, 1.165) is 10.7 Å². The molecule has 1 unspecified atom stereocenters. The van der Waals surface area contributed by atoms with E-state index in [1.165, 1.54) is 0 Å². The lowest BCUT2D eigenvalue weighted by Gasteiger charge is -2.12. The largest absolute Gasteiger partial charge is 0.348 e. The van der Waals surface area contributed by atoms with Crippen molar-refractivity contribution in [2.45, 2.75) is 26.3 Å². The average molecular weight is 329 g/mol. The van der Waals surface area contributed by atoms with Crippen LogP contribution in [0.1, 0.15) is 29.2 Å². The number of nitrogens with zero attached hydrogens (tertiary/aromatic N) is 1. The Morgan fingerprint density at radius 2 is 2.05 bits per heavy atom. The predicted molar refractivity (Wildman–Crippen MR) is 83.6 cm³/mol. The van der Waals surface area contributed by atoms with Crippen molar-refractivity contribution in [3.05, 3.63) is 49.9 Å². The number of carbonyl (C=O) groups is 1. The first kappa shape index (κ1) is 15.3. The third kappa shape index (κ3) is 3.72. The first-order valence-electron chi connectivity index (χ1n) is 6.11. The summed E-state index contributed by atoms with van der Waals surface area (Å²) in [6, 6.07) is 5.08. The number of halogens is 2. The van der Waals surface area contributed by atoms with Crippen molar-refractivity contribution in [2.24, 2.45) is 0 Å². The van der Waals surface area contributed by atoms with E-state index in [-0.39, 0.29) is 18.4 Å². The van der Waals surface area contributed by atoms with Gasteiger partial charge in [0.25, 0.3) is 0 Å². The molecule has 0 aliphatic carbocycles. The van der Waals surface area contributed by atoms with Gasteiger partial charge in [-0.05, 0) is 31.5 Å². The van der Waals surface area contributed by atoms with Crippen LogP contribution in [0.5, 0.6) is 0 Å². The molecule has 0 saturated heterocycles. The fourth-order valence-electron chi connectivity index (χ4n) is 1.81. The minimum Gasteiger partial charge on any atom is -0.348 e. The molecule has 1 amide bonds. The van der Waals surface area contributed by atoms with E-state index in [2.05, 4.69) is 10.3 Å². The monoisotopic (exact) mass is 328 g/mol. The second-order valence-electron chi connectivity index (χ2n) is 4.46. The topological polar surface area (TPSA) is 42.0 Å². The number of benzene rings is 1. The normalized spacial score (nSPS) is 12.2. The summed E-state index contributed by atoms with van der Waals surface area (Å²) in [6.07, 6.45) is 0.159. The molecule has 2 aromatic rings. The van der Waals surface area contributed by atoms with E-state index in [9.17, 15) is 4.79 Å². The summed E-state index contributed by atoms with van der Waals surface area (Å²) in [6.45, 7) is 3.84. The minimum absolute atomic E-state index is 0.127. The smallest absolute Gasteiger partial charge is 0.225 e. The van der Waals surface area contributed by atoms with E-state index < -0.39 is 0 Å². The molecular formula is C14H14Cl2N2OS. The highest BCUT2D eigenvalue weighted by molar-refractivity contribution is 7.09. The van der Waals surface area contributed by atoms with Crippen LogP contribution < -0.4 is 5.32 Å². The van der Waals surface area contributed by atoms with Crippen molar-refractivity contribution in [3.8, 4) is 0 Å². The maximum Gasteiger partial charge on any atom is 0.225 e. The highest BCUT2D eigenvalue weighted by Crippen LogP contribution is 2.25. The van der Waals surface area contributed by atoms with Gasteiger partial charge in [-0.1, -0.05) is 29.3 Å². The van der Waals surface area contributed by atoms with Gasteiger partial charge in [-0.15, -0.1) is 11.3 Å². The van der Waals surface area contributed by atoms with Crippen LogP contribution in [-0.4, -0.2) is 10.9 Å². The van der Waals surface area contributed by atoms with E-state index in [1.54, 1.807) is 29.5 Å². The number of carbonyl (C=O) groups excluding carboxylic acids is 1. The fraction of sp³-hybridized carbons (Fsp3) is 0.286. The van der Waals surface area contributed by atoms with Crippen molar-refractivity contribution in [1.29, 1.82) is 0 Å². The summed E-state index contributed by atoms with van der Waals surface area (Å²) in [5, 5.41) is 6.84. The van der Waals surface area contributed by atoms with Gasteiger partial charge in [-0.25, -0.2) is 4.98 Å². The summed E-state index contributed by atoms with van der Waals surface area (Å²) < 4.78 is 0. The number of aryl methyl sites for hydroxylation is 1. The first-order valence-corrected chi connectivity index (χ1v) is 7.75. The molecule has 1 aromatic carbocycles. The maximum absolute atomic E-state index is 12.1. The molecule has 0 fully saturated rings. The molecule has 1 atom stereocenters. The number of hydrogen-bond donors (Lipinski definition) is 1. The average Bonchev–Trinajstić information content (AvgIpc) is 2.81. The van der Waals surface area contributed by atoms with Gasteiger partial charge in [-0.2, -0.15) is 0 Å². The molecule has 0 spiro atoms. The molecule has 0 radical (unpaired) electrons. The van der Waals surface area contributed by atoms with Crippen LogP contribution >= 0.6 is 34.5 Å². The molecule has 20 heavy (non-hydrogen) atoms. The molecule has 106 valence electrons. The number of thiazole rings is 1. The van der Waals surface area contributed by atoms with Crippen molar-refractivity contribution in [2.75, 3.05) is 0 Å². The van der Waals surface area contributed by atoms with Gasteiger partial charge in [-0.3, -0.25) is 4.79 Å². The Morgan fingerprint density at radius 1 is 1.40 bits per heavy atom.